The number of carbonyl (C=O) groups excluding carboxylic acids is 1. The van der Waals surface area contributed by atoms with Gasteiger partial charge in [0.25, 0.3) is 5.91 Å². The molecule has 0 aliphatic carbocycles. The minimum Gasteiger partial charge on any atom is -0.479 e. The van der Waals surface area contributed by atoms with E-state index in [9.17, 15) is 9.18 Å². The molecule has 122 valence electrons. The van der Waals surface area contributed by atoms with Crippen LogP contribution in [0, 0.1) is 5.82 Å². The first-order valence-electron chi connectivity index (χ1n) is 7.16. The van der Waals surface area contributed by atoms with Crippen LogP contribution < -0.4 is 15.6 Å². The van der Waals surface area contributed by atoms with E-state index < -0.39 is 5.82 Å². The van der Waals surface area contributed by atoms with Gasteiger partial charge < -0.3 is 9.30 Å². The molecule has 0 fully saturated rings. The Morgan fingerprint density at radius 1 is 1.21 bits per heavy atom. The van der Waals surface area contributed by atoms with E-state index >= 15 is 0 Å². The molecule has 2 aromatic heterocycles. The molecular weight excluding hydrogens is 311 g/mol. The van der Waals surface area contributed by atoms with E-state index in [2.05, 4.69) is 15.8 Å². The van der Waals surface area contributed by atoms with Crippen LogP contribution in [0.1, 0.15) is 10.4 Å². The van der Waals surface area contributed by atoms with E-state index in [1.807, 2.05) is 41.2 Å². The zero-order chi connectivity index (χ0) is 16.9. The maximum Gasteiger partial charge on any atom is 0.269 e. The molecule has 0 aliphatic heterocycles. The maximum atomic E-state index is 13.5. The Hall–Kier alpha value is -3.35. The molecule has 0 saturated heterocycles. The van der Waals surface area contributed by atoms with E-state index in [0.717, 1.165) is 5.69 Å². The quantitative estimate of drug-likeness (QED) is 0.708. The summed E-state index contributed by atoms with van der Waals surface area (Å²) >= 11 is 0. The third kappa shape index (κ3) is 3.35. The van der Waals surface area contributed by atoms with E-state index in [1.165, 1.54) is 19.4 Å². The number of pyridine rings is 1. The number of nitrogens with zero attached hydrogens (tertiary/aromatic N) is 2. The predicted octanol–water partition coefficient (Wildman–Crippen LogP) is 2.78. The van der Waals surface area contributed by atoms with Crippen LogP contribution in [0.25, 0.3) is 5.69 Å². The fraction of sp³-hybridized carbons (Fsp3) is 0.0588. The number of ether oxygens (including phenoxy) is 1. The van der Waals surface area contributed by atoms with Crippen LogP contribution in [-0.2, 0) is 0 Å². The van der Waals surface area contributed by atoms with Crippen LogP contribution in [0.5, 0.6) is 5.88 Å². The third-order valence-corrected chi connectivity index (χ3v) is 3.35. The molecule has 3 rings (SSSR count). The van der Waals surface area contributed by atoms with Crippen molar-refractivity contribution in [3.8, 4) is 11.6 Å². The number of methoxy groups -OCH3 is 1. The van der Waals surface area contributed by atoms with E-state index in [4.69, 9.17) is 4.74 Å². The average Bonchev–Trinajstić information content (AvgIpc) is 3.14. The second kappa shape index (κ2) is 6.82. The van der Waals surface area contributed by atoms with Gasteiger partial charge in [0.2, 0.25) is 5.88 Å². The van der Waals surface area contributed by atoms with Gasteiger partial charge >= 0.3 is 0 Å². The Balaban J connectivity index is 1.63. The van der Waals surface area contributed by atoms with Crippen LogP contribution >= 0.6 is 0 Å². The van der Waals surface area contributed by atoms with Gasteiger partial charge in [-0.1, -0.05) is 0 Å². The molecule has 0 spiro atoms. The molecule has 24 heavy (non-hydrogen) atoms. The average molecular weight is 326 g/mol. The Morgan fingerprint density at radius 2 is 1.92 bits per heavy atom. The van der Waals surface area contributed by atoms with Gasteiger partial charge in [0.05, 0.1) is 19.0 Å². The van der Waals surface area contributed by atoms with E-state index in [-0.39, 0.29) is 11.8 Å². The van der Waals surface area contributed by atoms with Gasteiger partial charge in [0.15, 0.2) is 5.82 Å². The predicted molar refractivity (Wildman–Crippen MR) is 87.6 cm³/mol. The normalized spacial score (nSPS) is 10.2. The maximum absolute atomic E-state index is 13.5. The number of aromatic nitrogens is 2. The molecule has 6 nitrogen and oxygen atoms in total. The number of anilines is 1. The topological polar surface area (TPSA) is 68.2 Å². The van der Waals surface area contributed by atoms with Crippen molar-refractivity contribution in [1.82, 2.24) is 15.0 Å². The molecule has 0 atom stereocenters. The fourth-order valence-corrected chi connectivity index (χ4v) is 2.14. The highest BCUT2D eigenvalue weighted by atomic mass is 19.1. The molecule has 1 amide bonds. The molecule has 0 aliphatic rings. The van der Waals surface area contributed by atoms with Crippen molar-refractivity contribution in [2.75, 3.05) is 12.5 Å². The Labute approximate surface area is 137 Å². The van der Waals surface area contributed by atoms with Crippen LogP contribution in [0.15, 0.2) is 61.1 Å². The third-order valence-electron chi connectivity index (χ3n) is 3.35. The second-order valence-electron chi connectivity index (χ2n) is 4.93. The molecule has 2 N–H and O–H groups in total. The molecule has 0 unspecified atom stereocenters. The highest BCUT2D eigenvalue weighted by Gasteiger charge is 2.08. The molecule has 0 radical (unpaired) electrons. The monoisotopic (exact) mass is 326 g/mol. The standard InChI is InChI=1S/C17H15FN4O2/c1-24-17-15(18)10-13(11-19-17)20-21-16(23)12-4-6-14(7-5-12)22-8-2-3-9-22/h2-11,20H,1H3,(H,21,23). The molecule has 1 aromatic carbocycles. The van der Waals surface area contributed by atoms with Crippen molar-refractivity contribution in [2.24, 2.45) is 0 Å². The number of hydrogen-bond donors (Lipinski definition) is 2. The van der Waals surface area contributed by atoms with Crippen molar-refractivity contribution in [3.05, 3.63) is 72.4 Å². The second-order valence-corrected chi connectivity index (χ2v) is 4.93. The number of nitrogens with one attached hydrogen (secondary N) is 2. The highest BCUT2D eigenvalue weighted by molar-refractivity contribution is 5.95. The van der Waals surface area contributed by atoms with Crippen LogP contribution in [-0.4, -0.2) is 22.6 Å². The summed E-state index contributed by atoms with van der Waals surface area (Å²) in [5.74, 6) is -1.06. The summed E-state index contributed by atoms with van der Waals surface area (Å²) < 4.78 is 20.2. The van der Waals surface area contributed by atoms with E-state index in [1.54, 1.807) is 12.1 Å². The van der Waals surface area contributed by atoms with Gasteiger partial charge in [-0.25, -0.2) is 9.37 Å². The van der Waals surface area contributed by atoms with Gasteiger partial charge in [-0.15, -0.1) is 0 Å². The van der Waals surface area contributed by atoms with Crippen molar-refractivity contribution >= 4 is 11.6 Å². The van der Waals surface area contributed by atoms with Gasteiger partial charge in [-0.05, 0) is 36.4 Å². The lowest BCUT2D eigenvalue weighted by atomic mass is 10.2. The number of hydrazine groups is 1. The number of halogens is 1. The lowest BCUT2D eigenvalue weighted by Crippen LogP contribution is -2.29. The number of rotatable bonds is 5. The highest BCUT2D eigenvalue weighted by Crippen LogP contribution is 2.16. The minimum atomic E-state index is -0.618. The van der Waals surface area contributed by atoms with Crippen molar-refractivity contribution < 1.29 is 13.9 Å². The van der Waals surface area contributed by atoms with Crippen molar-refractivity contribution in [1.29, 1.82) is 0 Å². The number of benzene rings is 1. The number of carbonyl (C=O) groups is 1. The Kier molecular flexibility index (Phi) is 4.42. The van der Waals surface area contributed by atoms with Crippen molar-refractivity contribution in [2.45, 2.75) is 0 Å². The zero-order valence-electron chi connectivity index (χ0n) is 12.9. The molecule has 3 aromatic rings. The summed E-state index contributed by atoms with van der Waals surface area (Å²) in [5.41, 5.74) is 6.84. The molecule has 0 bridgehead atoms. The van der Waals surface area contributed by atoms with Crippen LogP contribution in [0.2, 0.25) is 0 Å². The minimum absolute atomic E-state index is 0.104. The van der Waals surface area contributed by atoms with Gasteiger partial charge in [-0.2, -0.15) is 0 Å². The molecule has 2 heterocycles. The molecular formula is C17H15FN4O2. The largest absolute Gasteiger partial charge is 0.479 e. The smallest absolute Gasteiger partial charge is 0.269 e. The fourth-order valence-electron chi connectivity index (χ4n) is 2.14. The van der Waals surface area contributed by atoms with Gasteiger partial charge in [-0.3, -0.25) is 15.6 Å². The lowest BCUT2D eigenvalue weighted by Gasteiger charge is -2.10. The number of amides is 1. The summed E-state index contributed by atoms with van der Waals surface area (Å²) in [6, 6.07) is 12.1. The SMILES string of the molecule is COc1ncc(NNC(=O)c2ccc(-n3cccc3)cc2)cc1F. The Bertz CT molecular complexity index is 832. The first-order chi connectivity index (χ1) is 11.7. The summed E-state index contributed by atoms with van der Waals surface area (Å²) in [7, 11) is 1.33. The number of hydrogen-bond acceptors (Lipinski definition) is 4. The van der Waals surface area contributed by atoms with Crippen LogP contribution in [0.4, 0.5) is 10.1 Å². The Morgan fingerprint density at radius 3 is 2.54 bits per heavy atom. The van der Waals surface area contributed by atoms with Crippen LogP contribution in [0.3, 0.4) is 0 Å². The summed E-state index contributed by atoms with van der Waals surface area (Å²) in [6.45, 7) is 0. The lowest BCUT2D eigenvalue weighted by molar-refractivity contribution is 0.0962. The van der Waals surface area contributed by atoms with Gasteiger partial charge in [0.1, 0.15) is 0 Å². The van der Waals surface area contributed by atoms with Gasteiger partial charge in [0, 0.05) is 29.7 Å². The van der Waals surface area contributed by atoms with E-state index in [0.29, 0.717) is 11.3 Å². The molecule has 7 heteroatoms. The first kappa shape index (κ1) is 15.5. The first-order valence-corrected chi connectivity index (χ1v) is 7.16. The summed E-state index contributed by atoms with van der Waals surface area (Å²) in [6.07, 6.45) is 5.20. The van der Waals surface area contributed by atoms with Crippen molar-refractivity contribution in [3.63, 3.8) is 0 Å². The molecule has 0 saturated carbocycles. The zero-order valence-corrected chi connectivity index (χ0v) is 12.9. The summed E-state index contributed by atoms with van der Waals surface area (Å²) in [5, 5.41) is 0. The summed E-state index contributed by atoms with van der Waals surface area (Å²) in [4.78, 5) is 15.9.